The molecule has 2 atom stereocenters. The van der Waals surface area contributed by atoms with E-state index in [2.05, 4.69) is 20.7 Å². The molecule has 1 aliphatic heterocycles. The second-order valence-electron chi connectivity index (χ2n) is 6.97. The number of carbonyl (C=O) groups excluding carboxylic acids is 1. The van der Waals surface area contributed by atoms with Crippen LogP contribution in [0.5, 0.6) is 0 Å². The van der Waals surface area contributed by atoms with Crippen LogP contribution >= 0.6 is 0 Å². The van der Waals surface area contributed by atoms with Crippen LogP contribution in [0.4, 0.5) is 10.7 Å². The van der Waals surface area contributed by atoms with Crippen LogP contribution < -0.4 is 5.32 Å². The zero-order valence-corrected chi connectivity index (χ0v) is 13.9. The number of piperidine rings is 1. The van der Waals surface area contributed by atoms with Crippen LogP contribution in [0, 0.1) is 11.8 Å². The van der Waals surface area contributed by atoms with Gasteiger partial charge in [-0.2, -0.15) is 4.80 Å². The van der Waals surface area contributed by atoms with Gasteiger partial charge in [-0.3, -0.25) is 5.32 Å². The summed E-state index contributed by atoms with van der Waals surface area (Å²) >= 11 is 0. The van der Waals surface area contributed by atoms with Gasteiger partial charge >= 0.3 is 6.03 Å². The molecule has 2 amide bonds. The fraction of sp³-hybridized carbons (Fsp3) is 0.867. The molecule has 0 bridgehead atoms. The molecule has 0 aromatic carbocycles. The standard InChI is InChI=1S/C15H26N6O2/c1-10(2)21-18-14(17-19-21)16-15(23)20-8-7-13(22)12(9-20)11-5-3-4-6-11/h10-13,22H,3-9H2,1-2H3,(H,16,18,23)/t12-,13+/m0/s1. The number of amides is 2. The number of rotatable bonds is 3. The molecule has 1 saturated heterocycles. The number of carbonyl (C=O) groups is 1. The van der Waals surface area contributed by atoms with Gasteiger partial charge in [0.1, 0.15) is 0 Å². The molecule has 2 heterocycles. The minimum Gasteiger partial charge on any atom is -0.393 e. The van der Waals surface area contributed by atoms with E-state index in [0.717, 1.165) is 0 Å². The summed E-state index contributed by atoms with van der Waals surface area (Å²) in [4.78, 5) is 15.7. The zero-order valence-electron chi connectivity index (χ0n) is 13.9. The number of hydrogen-bond acceptors (Lipinski definition) is 5. The predicted molar refractivity (Wildman–Crippen MR) is 84.9 cm³/mol. The van der Waals surface area contributed by atoms with Crippen LogP contribution in [-0.4, -0.2) is 55.4 Å². The number of likely N-dealkylation sites (tertiary alicyclic amines) is 1. The van der Waals surface area contributed by atoms with Crippen molar-refractivity contribution < 1.29 is 9.90 Å². The fourth-order valence-electron chi connectivity index (χ4n) is 3.67. The molecule has 2 N–H and O–H groups in total. The third-order valence-electron chi connectivity index (χ3n) is 5.02. The van der Waals surface area contributed by atoms with Crippen LogP contribution in [0.15, 0.2) is 0 Å². The average molecular weight is 322 g/mol. The molecule has 128 valence electrons. The summed E-state index contributed by atoms with van der Waals surface area (Å²) in [5, 5.41) is 24.9. The highest BCUT2D eigenvalue weighted by Crippen LogP contribution is 2.36. The van der Waals surface area contributed by atoms with Gasteiger partial charge in [0.05, 0.1) is 12.1 Å². The molecule has 1 aliphatic carbocycles. The quantitative estimate of drug-likeness (QED) is 0.882. The van der Waals surface area contributed by atoms with Crippen molar-refractivity contribution in [3.05, 3.63) is 0 Å². The zero-order chi connectivity index (χ0) is 16.4. The van der Waals surface area contributed by atoms with Crippen LogP contribution in [-0.2, 0) is 0 Å². The molecule has 1 aromatic rings. The van der Waals surface area contributed by atoms with Gasteiger partial charge in [0.15, 0.2) is 0 Å². The van der Waals surface area contributed by atoms with E-state index in [1.807, 2.05) is 13.8 Å². The van der Waals surface area contributed by atoms with E-state index in [9.17, 15) is 9.90 Å². The first kappa shape index (κ1) is 16.2. The van der Waals surface area contributed by atoms with Crippen molar-refractivity contribution in [1.82, 2.24) is 25.1 Å². The second-order valence-corrected chi connectivity index (χ2v) is 6.97. The number of nitrogens with zero attached hydrogens (tertiary/aromatic N) is 5. The van der Waals surface area contributed by atoms with E-state index < -0.39 is 0 Å². The summed E-state index contributed by atoms with van der Waals surface area (Å²) in [6.45, 7) is 5.07. The van der Waals surface area contributed by atoms with E-state index in [-0.39, 0.29) is 30.0 Å². The number of tetrazole rings is 1. The average Bonchev–Trinajstić information content (AvgIpc) is 3.18. The van der Waals surface area contributed by atoms with Crippen molar-refractivity contribution in [3.8, 4) is 0 Å². The second kappa shape index (κ2) is 6.82. The number of anilines is 1. The SMILES string of the molecule is CC(C)n1nnc(NC(=O)N2CC[C@@H](O)[C@H](C3CCCC3)C2)n1. The van der Waals surface area contributed by atoms with Gasteiger partial charge < -0.3 is 10.0 Å². The van der Waals surface area contributed by atoms with Crippen LogP contribution in [0.2, 0.25) is 0 Å². The highest BCUT2D eigenvalue weighted by Gasteiger charge is 2.36. The van der Waals surface area contributed by atoms with Crippen molar-refractivity contribution in [2.75, 3.05) is 18.4 Å². The first-order valence-electron chi connectivity index (χ1n) is 8.58. The molecule has 8 nitrogen and oxygen atoms in total. The molecule has 1 saturated carbocycles. The van der Waals surface area contributed by atoms with E-state index in [1.165, 1.54) is 30.5 Å². The lowest BCUT2D eigenvalue weighted by Gasteiger charge is -2.38. The summed E-state index contributed by atoms with van der Waals surface area (Å²) in [6, 6.07) is -0.103. The molecule has 8 heteroatoms. The topological polar surface area (TPSA) is 96.2 Å². The largest absolute Gasteiger partial charge is 0.393 e. The number of hydrogen-bond donors (Lipinski definition) is 2. The van der Waals surface area contributed by atoms with Gasteiger partial charge in [0.2, 0.25) is 0 Å². The van der Waals surface area contributed by atoms with Gasteiger partial charge in [-0.15, -0.1) is 5.10 Å². The van der Waals surface area contributed by atoms with Crippen molar-refractivity contribution in [2.24, 2.45) is 11.8 Å². The monoisotopic (exact) mass is 322 g/mol. The van der Waals surface area contributed by atoms with E-state index in [0.29, 0.717) is 25.4 Å². The maximum absolute atomic E-state index is 12.4. The Morgan fingerprint density at radius 2 is 2.04 bits per heavy atom. The van der Waals surface area contributed by atoms with E-state index in [1.54, 1.807) is 4.90 Å². The number of urea groups is 1. The Bertz CT molecular complexity index is 540. The number of aromatic nitrogens is 4. The lowest BCUT2D eigenvalue weighted by Crippen LogP contribution is -2.49. The Balaban J connectivity index is 1.60. The number of aliphatic hydroxyl groups excluding tert-OH is 1. The van der Waals surface area contributed by atoms with Gasteiger partial charge in [-0.1, -0.05) is 30.8 Å². The lowest BCUT2D eigenvalue weighted by molar-refractivity contribution is 0.0144. The molecule has 23 heavy (non-hydrogen) atoms. The van der Waals surface area contributed by atoms with Crippen LogP contribution in [0.3, 0.4) is 0 Å². The fourth-order valence-corrected chi connectivity index (χ4v) is 3.67. The Kier molecular flexibility index (Phi) is 4.79. The summed E-state index contributed by atoms with van der Waals surface area (Å²) in [5.41, 5.74) is 0. The number of aliphatic hydroxyl groups is 1. The van der Waals surface area contributed by atoms with E-state index >= 15 is 0 Å². The molecule has 2 aliphatic rings. The first-order valence-corrected chi connectivity index (χ1v) is 8.58. The normalized spacial score (nSPS) is 26.0. The Morgan fingerprint density at radius 3 is 2.70 bits per heavy atom. The minimum absolute atomic E-state index is 0.102. The predicted octanol–water partition coefficient (Wildman–Crippen LogP) is 1.66. The third kappa shape index (κ3) is 3.63. The van der Waals surface area contributed by atoms with Crippen molar-refractivity contribution >= 4 is 12.0 Å². The van der Waals surface area contributed by atoms with Crippen molar-refractivity contribution in [3.63, 3.8) is 0 Å². The Hall–Kier alpha value is -1.70. The van der Waals surface area contributed by atoms with Gasteiger partial charge in [-0.05, 0) is 31.4 Å². The highest BCUT2D eigenvalue weighted by molar-refractivity contribution is 5.87. The molecule has 0 spiro atoms. The van der Waals surface area contributed by atoms with Gasteiger partial charge in [-0.25, -0.2) is 4.79 Å². The molecule has 2 fully saturated rings. The molecular formula is C15H26N6O2. The maximum atomic E-state index is 12.4. The highest BCUT2D eigenvalue weighted by atomic mass is 16.3. The smallest absolute Gasteiger partial charge is 0.324 e. The minimum atomic E-state index is -0.290. The van der Waals surface area contributed by atoms with Gasteiger partial charge in [0.25, 0.3) is 5.95 Å². The molecular weight excluding hydrogens is 296 g/mol. The first-order chi connectivity index (χ1) is 11.0. The number of nitrogens with one attached hydrogen (secondary N) is 1. The summed E-state index contributed by atoms with van der Waals surface area (Å²) in [7, 11) is 0. The van der Waals surface area contributed by atoms with Crippen molar-refractivity contribution in [1.29, 1.82) is 0 Å². The molecule has 0 radical (unpaired) electrons. The van der Waals surface area contributed by atoms with Crippen molar-refractivity contribution in [2.45, 2.75) is 58.1 Å². The molecule has 0 unspecified atom stereocenters. The molecule has 1 aromatic heterocycles. The lowest BCUT2D eigenvalue weighted by atomic mass is 9.82. The van der Waals surface area contributed by atoms with Crippen LogP contribution in [0.1, 0.15) is 52.0 Å². The van der Waals surface area contributed by atoms with Crippen LogP contribution in [0.25, 0.3) is 0 Å². The molecule has 3 rings (SSSR count). The maximum Gasteiger partial charge on any atom is 0.324 e. The Labute approximate surface area is 136 Å². The Morgan fingerprint density at radius 1 is 1.30 bits per heavy atom. The summed E-state index contributed by atoms with van der Waals surface area (Å²) < 4.78 is 0. The van der Waals surface area contributed by atoms with Gasteiger partial charge in [0, 0.05) is 19.0 Å². The van der Waals surface area contributed by atoms with E-state index in [4.69, 9.17) is 0 Å². The summed E-state index contributed by atoms with van der Waals surface area (Å²) in [6.07, 6.45) is 5.16. The third-order valence-corrected chi connectivity index (χ3v) is 5.02. The summed E-state index contributed by atoms with van der Waals surface area (Å²) in [5.74, 6) is 0.962.